The van der Waals surface area contributed by atoms with Crippen molar-refractivity contribution < 1.29 is 14.3 Å². The van der Waals surface area contributed by atoms with Crippen molar-refractivity contribution >= 4 is 32.6 Å². The summed E-state index contributed by atoms with van der Waals surface area (Å²) in [5, 5.41) is 12.3. The van der Waals surface area contributed by atoms with Crippen LogP contribution in [0.5, 0.6) is 5.75 Å². The molecule has 0 aliphatic carbocycles. The first-order valence-electron chi connectivity index (χ1n) is 5.65. The molecule has 0 bridgehead atoms. The number of phenolic OH excluding ortho intramolecular Hbond substituents is 1. The number of aromatic hydroxyl groups is 1. The first-order chi connectivity index (χ1) is 9.61. The number of nitrogens with one attached hydrogen (secondary N) is 1. The van der Waals surface area contributed by atoms with Crippen LogP contribution in [0.4, 0.5) is 9.52 Å². The van der Waals surface area contributed by atoms with E-state index in [9.17, 15) is 14.3 Å². The van der Waals surface area contributed by atoms with Crippen LogP contribution in [-0.4, -0.2) is 21.0 Å². The molecule has 3 aromatic rings. The molecule has 0 aliphatic rings. The number of carbonyl (C=O) groups excluding carboxylic acids is 1. The highest BCUT2D eigenvalue weighted by molar-refractivity contribution is 7.22. The van der Waals surface area contributed by atoms with Gasteiger partial charge in [-0.2, -0.15) is 4.39 Å². The van der Waals surface area contributed by atoms with Gasteiger partial charge in [-0.15, -0.1) is 0 Å². The third kappa shape index (κ3) is 2.43. The maximum atomic E-state index is 12.9. The number of anilines is 1. The number of thiazole rings is 1. The highest BCUT2D eigenvalue weighted by Gasteiger charge is 2.11. The van der Waals surface area contributed by atoms with Gasteiger partial charge >= 0.3 is 0 Å². The second-order valence-electron chi connectivity index (χ2n) is 3.97. The lowest BCUT2D eigenvalue weighted by Crippen LogP contribution is -2.13. The number of pyridine rings is 1. The molecule has 0 unspecified atom stereocenters. The summed E-state index contributed by atoms with van der Waals surface area (Å²) in [4.78, 5) is 19.6. The number of benzene rings is 1. The van der Waals surface area contributed by atoms with Crippen LogP contribution in [0.15, 0.2) is 36.4 Å². The van der Waals surface area contributed by atoms with Gasteiger partial charge in [-0.3, -0.25) is 10.1 Å². The Labute approximate surface area is 116 Å². The number of hydrogen-bond acceptors (Lipinski definition) is 5. The fourth-order valence-electron chi connectivity index (χ4n) is 1.66. The first kappa shape index (κ1) is 12.5. The summed E-state index contributed by atoms with van der Waals surface area (Å²) in [5.74, 6) is -1.12. The standard InChI is InChI=1S/C13H8FN3O2S/c14-11-3-1-2-9(15-11)12(19)17-13-16-8-5-4-7(18)6-10(8)20-13/h1-6,18H,(H,16,17,19)/i14-1. The number of phenols is 1. The van der Waals surface area contributed by atoms with Gasteiger partial charge in [-0.25, -0.2) is 9.97 Å². The summed E-state index contributed by atoms with van der Waals surface area (Å²) in [7, 11) is 0. The molecule has 0 saturated heterocycles. The number of nitrogens with zero attached hydrogens (tertiary/aromatic N) is 2. The normalized spacial score (nSPS) is 10.7. The summed E-state index contributed by atoms with van der Waals surface area (Å²) in [6.07, 6.45) is 0. The van der Waals surface area contributed by atoms with E-state index in [1.165, 1.54) is 29.5 Å². The van der Waals surface area contributed by atoms with Gasteiger partial charge in [0.05, 0.1) is 10.2 Å². The van der Waals surface area contributed by atoms with E-state index in [0.717, 1.165) is 10.8 Å². The number of hydrogen-bond donors (Lipinski definition) is 2. The zero-order valence-corrected chi connectivity index (χ0v) is 10.8. The van der Waals surface area contributed by atoms with Crippen LogP contribution in [0.2, 0.25) is 0 Å². The van der Waals surface area contributed by atoms with Crippen molar-refractivity contribution in [1.29, 1.82) is 0 Å². The van der Waals surface area contributed by atoms with Crippen LogP contribution in [-0.2, 0) is 0 Å². The molecular weight excluding hydrogens is 280 g/mol. The Morgan fingerprint density at radius 1 is 1.25 bits per heavy atom. The van der Waals surface area contributed by atoms with Gasteiger partial charge in [-0.1, -0.05) is 17.4 Å². The van der Waals surface area contributed by atoms with Crippen LogP contribution in [0, 0.1) is 5.95 Å². The van der Waals surface area contributed by atoms with E-state index in [2.05, 4.69) is 15.3 Å². The number of fused-ring (bicyclic) bond motifs is 1. The van der Waals surface area contributed by atoms with Crippen molar-refractivity contribution in [3.05, 3.63) is 48.0 Å². The molecule has 3 rings (SSSR count). The Morgan fingerprint density at radius 2 is 2.10 bits per heavy atom. The average molecular weight is 288 g/mol. The SMILES string of the molecule is O=C(Nc1nc2ccc(O)cc2s1)c1cccc([18F])n1. The minimum atomic E-state index is -0.716. The molecule has 2 aromatic heterocycles. The summed E-state index contributed by atoms with van der Waals surface area (Å²) < 4.78 is 13.7. The minimum absolute atomic E-state index is 0.0212. The van der Waals surface area contributed by atoms with Crippen LogP contribution < -0.4 is 5.32 Å². The van der Waals surface area contributed by atoms with E-state index in [1.807, 2.05) is 0 Å². The smallest absolute Gasteiger partial charge is 0.276 e. The highest BCUT2D eigenvalue weighted by atomic mass is 32.1. The molecule has 20 heavy (non-hydrogen) atoms. The Bertz CT molecular complexity index is 803. The fraction of sp³-hybridized carbons (Fsp3) is 0. The van der Waals surface area contributed by atoms with Crippen molar-refractivity contribution in [2.24, 2.45) is 0 Å². The largest absolute Gasteiger partial charge is 0.508 e. The van der Waals surface area contributed by atoms with E-state index >= 15 is 0 Å². The minimum Gasteiger partial charge on any atom is -0.508 e. The summed E-state index contributed by atoms with van der Waals surface area (Å²) >= 11 is 1.21. The number of rotatable bonds is 2. The molecule has 5 nitrogen and oxygen atoms in total. The van der Waals surface area contributed by atoms with Crippen molar-refractivity contribution in [3.8, 4) is 5.75 Å². The van der Waals surface area contributed by atoms with Gasteiger partial charge in [0.25, 0.3) is 5.91 Å². The van der Waals surface area contributed by atoms with Crippen molar-refractivity contribution in [1.82, 2.24) is 9.97 Å². The molecule has 0 radical (unpaired) electrons. The Morgan fingerprint density at radius 3 is 2.90 bits per heavy atom. The third-order valence-electron chi connectivity index (χ3n) is 2.54. The molecule has 0 aliphatic heterocycles. The molecule has 100 valence electrons. The van der Waals surface area contributed by atoms with Crippen LogP contribution in [0.25, 0.3) is 10.2 Å². The lowest BCUT2D eigenvalue weighted by atomic mass is 10.3. The van der Waals surface area contributed by atoms with Gasteiger partial charge in [0, 0.05) is 0 Å². The summed E-state index contributed by atoms with van der Waals surface area (Å²) in [6, 6.07) is 8.71. The van der Waals surface area contributed by atoms with Gasteiger partial charge in [0.2, 0.25) is 5.95 Å². The zero-order valence-electron chi connectivity index (χ0n) is 10.0. The third-order valence-corrected chi connectivity index (χ3v) is 3.47. The summed E-state index contributed by atoms with van der Waals surface area (Å²) in [5.41, 5.74) is 0.641. The van der Waals surface area contributed by atoms with Gasteiger partial charge in [-0.05, 0) is 30.3 Å². The number of halogens is 1. The van der Waals surface area contributed by atoms with E-state index in [-0.39, 0.29) is 11.4 Å². The molecule has 2 N–H and O–H groups in total. The summed E-state index contributed by atoms with van der Waals surface area (Å²) in [6.45, 7) is 0. The Kier molecular flexibility index (Phi) is 3.03. The monoisotopic (exact) mass is 288 g/mol. The number of amides is 1. The van der Waals surface area contributed by atoms with E-state index < -0.39 is 11.9 Å². The molecule has 0 spiro atoms. The lowest BCUT2D eigenvalue weighted by Gasteiger charge is -2.00. The predicted molar refractivity (Wildman–Crippen MR) is 73.4 cm³/mol. The van der Waals surface area contributed by atoms with Crippen molar-refractivity contribution in [3.63, 3.8) is 0 Å². The van der Waals surface area contributed by atoms with E-state index in [4.69, 9.17) is 0 Å². The molecule has 7 heteroatoms. The fourth-order valence-corrected chi connectivity index (χ4v) is 2.56. The van der Waals surface area contributed by atoms with Gasteiger partial charge < -0.3 is 5.11 Å². The first-order valence-corrected chi connectivity index (χ1v) is 6.47. The molecule has 1 amide bonds. The van der Waals surface area contributed by atoms with Crippen LogP contribution in [0.3, 0.4) is 0 Å². The average Bonchev–Trinajstić information content (AvgIpc) is 2.80. The molecule has 0 fully saturated rings. The number of aromatic nitrogens is 2. The van der Waals surface area contributed by atoms with Crippen molar-refractivity contribution in [2.75, 3.05) is 5.32 Å². The predicted octanol–water partition coefficient (Wildman–Crippen LogP) is 2.79. The van der Waals surface area contributed by atoms with Gasteiger partial charge in [0.15, 0.2) is 5.13 Å². The van der Waals surface area contributed by atoms with E-state index in [0.29, 0.717) is 10.6 Å². The van der Waals surface area contributed by atoms with Crippen molar-refractivity contribution in [2.45, 2.75) is 0 Å². The molecule has 2 heterocycles. The lowest BCUT2D eigenvalue weighted by molar-refractivity contribution is 0.102. The van der Waals surface area contributed by atoms with Gasteiger partial charge in [0.1, 0.15) is 11.4 Å². The topological polar surface area (TPSA) is 75.1 Å². The molecular formula is C13H8FN3O2S. The molecule has 0 saturated carbocycles. The Balaban J connectivity index is 1.87. The quantitative estimate of drug-likeness (QED) is 0.711. The second kappa shape index (κ2) is 4.86. The molecule has 0 atom stereocenters. The van der Waals surface area contributed by atoms with E-state index in [1.54, 1.807) is 12.1 Å². The van der Waals surface area contributed by atoms with Crippen LogP contribution in [0.1, 0.15) is 10.5 Å². The maximum Gasteiger partial charge on any atom is 0.276 e. The maximum absolute atomic E-state index is 12.9. The van der Waals surface area contributed by atoms with Crippen LogP contribution >= 0.6 is 11.3 Å². The second-order valence-corrected chi connectivity index (χ2v) is 5.00. The number of carbonyl (C=O) groups is 1. The zero-order chi connectivity index (χ0) is 14.1. The molecule has 1 aromatic carbocycles. The Hall–Kier alpha value is -2.54. The highest BCUT2D eigenvalue weighted by Crippen LogP contribution is 2.28.